The first-order chi connectivity index (χ1) is 7.81. The molecule has 100 valence electrons. The summed E-state index contributed by atoms with van der Waals surface area (Å²) in [5.74, 6) is 0.483. The lowest BCUT2D eigenvalue weighted by Gasteiger charge is -2.36. The Morgan fingerprint density at radius 3 is 2.59 bits per heavy atom. The zero-order valence-electron chi connectivity index (χ0n) is 11.7. The second kappa shape index (κ2) is 5.71. The minimum Gasteiger partial charge on any atom is -0.444 e. The SMILES string of the molecule is CCN1CCC(NC(=O)OC(C)(C)C)C(C)C1. The highest BCUT2D eigenvalue weighted by molar-refractivity contribution is 5.68. The van der Waals surface area contributed by atoms with Gasteiger partial charge in [-0.25, -0.2) is 4.79 Å². The van der Waals surface area contributed by atoms with Gasteiger partial charge < -0.3 is 15.0 Å². The third kappa shape index (κ3) is 4.94. The maximum Gasteiger partial charge on any atom is 0.407 e. The van der Waals surface area contributed by atoms with E-state index < -0.39 is 5.60 Å². The van der Waals surface area contributed by atoms with Gasteiger partial charge in [0.1, 0.15) is 5.60 Å². The standard InChI is InChI=1S/C13H26N2O2/c1-6-15-8-7-11(10(2)9-15)14-12(16)17-13(3,4)5/h10-11H,6-9H2,1-5H3,(H,14,16). The monoisotopic (exact) mass is 242 g/mol. The van der Waals surface area contributed by atoms with Crippen molar-refractivity contribution >= 4 is 6.09 Å². The summed E-state index contributed by atoms with van der Waals surface area (Å²) in [6, 6.07) is 0.243. The molecule has 17 heavy (non-hydrogen) atoms. The molecule has 0 saturated carbocycles. The number of amides is 1. The van der Waals surface area contributed by atoms with E-state index in [4.69, 9.17) is 4.74 Å². The molecule has 0 radical (unpaired) electrons. The third-order valence-electron chi connectivity index (χ3n) is 3.14. The van der Waals surface area contributed by atoms with Gasteiger partial charge in [-0.1, -0.05) is 13.8 Å². The maximum atomic E-state index is 11.7. The van der Waals surface area contributed by atoms with E-state index in [1.54, 1.807) is 0 Å². The van der Waals surface area contributed by atoms with Crippen molar-refractivity contribution in [1.82, 2.24) is 10.2 Å². The van der Waals surface area contributed by atoms with Gasteiger partial charge in [-0.2, -0.15) is 0 Å². The number of hydrogen-bond donors (Lipinski definition) is 1. The Balaban J connectivity index is 2.40. The lowest BCUT2D eigenvalue weighted by molar-refractivity contribution is 0.0446. The zero-order valence-corrected chi connectivity index (χ0v) is 11.7. The summed E-state index contributed by atoms with van der Waals surface area (Å²) in [4.78, 5) is 14.1. The van der Waals surface area contributed by atoms with Gasteiger partial charge in [0.05, 0.1) is 0 Å². The van der Waals surface area contributed by atoms with Gasteiger partial charge in [-0.05, 0) is 39.7 Å². The Morgan fingerprint density at radius 2 is 2.12 bits per heavy atom. The predicted molar refractivity (Wildman–Crippen MR) is 69.1 cm³/mol. The highest BCUT2D eigenvalue weighted by atomic mass is 16.6. The number of carbonyl (C=O) groups excluding carboxylic acids is 1. The van der Waals surface area contributed by atoms with Gasteiger partial charge in [-0.3, -0.25) is 0 Å². The molecule has 4 heteroatoms. The molecule has 0 aromatic carbocycles. The number of piperidine rings is 1. The number of alkyl carbamates (subject to hydrolysis) is 1. The van der Waals surface area contributed by atoms with Crippen LogP contribution in [0.2, 0.25) is 0 Å². The summed E-state index contributed by atoms with van der Waals surface area (Å²) in [6.07, 6.45) is 0.716. The molecule has 1 fully saturated rings. The number of nitrogens with one attached hydrogen (secondary N) is 1. The van der Waals surface area contributed by atoms with Crippen molar-refractivity contribution in [2.75, 3.05) is 19.6 Å². The molecule has 1 aliphatic rings. The van der Waals surface area contributed by atoms with Gasteiger partial charge in [0.2, 0.25) is 0 Å². The first-order valence-electron chi connectivity index (χ1n) is 6.53. The first kappa shape index (κ1) is 14.3. The van der Waals surface area contributed by atoms with Crippen molar-refractivity contribution in [3.63, 3.8) is 0 Å². The lowest BCUT2D eigenvalue weighted by atomic mass is 9.94. The van der Waals surface area contributed by atoms with E-state index in [9.17, 15) is 4.79 Å². The number of nitrogens with zero attached hydrogens (tertiary/aromatic N) is 1. The predicted octanol–water partition coefficient (Wildman–Crippen LogP) is 2.24. The van der Waals surface area contributed by atoms with Crippen LogP contribution in [0.1, 0.15) is 41.0 Å². The maximum absolute atomic E-state index is 11.7. The molecule has 0 aromatic rings. The van der Waals surface area contributed by atoms with Gasteiger partial charge in [0.25, 0.3) is 0 Å². The summed E-state index contributed by atoms with van der Waals surface area (Å²) < 4.78 is 5.28. The van der Waals surface area contributed by atoms with Crippen molar-refractivity contribution in [1.29, 1.82) is 0 Å². The molecule has 4 nitrogen and oxygen atoms in total. The van der Waals surface area contributed by atoms with Crippen LogP contribution >= 0.6 is 0 Å². The second-order valence-corrected chi connectivity index (χ2v) is 5.91. The van der Waals surface area contributed by atoms with Crippen LogP contribution in [0, 0.1) is 5.92 Å². The molecule has 0 spiro atoms. The van der Waals surface area contributed by atoms with Crippen LogP contribution in [0.5, 0.6) is 0 Å². The van der Waals surface area contributed by atoms with Crippen molar-refractivity contribution < 1.29 is 9.53 Å². The average molecular weight is 242 g/mol. The van der Waals surface area contributed by atoms with Crippen LogP contribution in [0.15, 0.2) is 0 Å². The second-order valence-electron chi connectivity index (χ2n) is 5.91. The van der Waals surface area contributed by atoms with Crippen molar-refractivity contribution in [3.05, 3.63) is 0 Å². The van der Waals surface area contributed by atoms with E-state index in [1.807, 2.05) is 20.8 Å². The summed E-state index contributed by atoms with van der Waals surface area (Å²) in [7, 11) is 0. The van der Waals surface area contributed by atoms with E-state index in [-0.39, 0.29) is 12.1 Å². The molecule has 1 aliphatic heterocycles. The van der Waals surface area contributed by atoms with E-state index in [0.29, 0.717) is 5.92 Å². The number of rotatable bonds is 2. The highest BCUT2D eigenvalue weighted by Crippen LogP contribution is 2.17. The quantitative estimate of drug-likeness (QED) is 0.807. The van der Waals surface area contributed by atoms with E-state index in [1.165, 1.54) is 0 Å². The summed E-state index contributed by atoms with van der Waals surface area (Å²) in [5, 5.41) is 2.98. The molecular formula is C13H26N2O2. The Labute approximate surface area is 105 Å². The molecule has 1 saturated heterocycles. The molecule has 1 amide bonds. The summed E-state index contributed by atoms with van der Waals surface area (Å²) in [5.41, 5.74) is -0.419. The third-order valence-corrected chi connectivity index (χ3v) is 3.14. The van der Waals surface area contributed by atoms with Crippen molar-refractivity contribution in [2.45, 2.75) is 52.7 Å². The molecule has 2 atom stereocenters. The number of ether oxygens (including phenoxy) is 1. The molecule has 1 heterocycles. The molecule has 0 bridgehead atoms. The van der Waals surface area contributed by atoms with Crippen LogP contribution in [0.3, 0.4) is 0 Å². The Bertz CT molecular complexity index is 261. The van der Waals surface area contributed by atoms with Crippen LogP contribution in [0.4, 0.5) is 4.79 Å². The van der Waals surface area contributed by atoms with Gasteiger partial charge in [0.15, 0.2) is 0 Å². The van der Waals surface area contributed by atoms with Gasteiger partial charge >= 0.3 is 6.09 Å². The fourth-order valence-electron chi connectivity index (χ4n) is 2.19. The van der Waals surface area contributed by atoms with Gasteiger partial charge in [-0.15, -0.1) is 0 Å². The number of hydrogen-bond acceptors (Lipinski definition) is 3. The van der Waals surface area contributed by atoms with Crippen molar-refractivity contribution in [2.24, 2.45) is 5.92 Å². The van der Waals surface area contributed by atoms with E-state index in [2.05, 4.69) is 24.1 Å². The molecular weight excluding hydrogens is 216 g/mol. The van der Waals surface area contributed by atoms with Crippen LogP contribution in [-0.4, -0.2) is 42.3 Å². The largest absolute Gasteiger partial charge is 0.444 e. The number of likely N-dealkylation sites (tertiary alicyclic amines) is 1. The Hall–Kier alpha value is -0.770. The Morgan fingerprint density at radius 1 is 1.47 bits per heavy atom. The summed E-state index contributed by atoms with van der Waals surface area (Å²) >= 11 is 0. The Kier molecular flexibility index (Phi) is 4.80. The average Bonchev–Trinajstić information content (AvgIpc) is 2.18. The topological polar surface area (TPSA) is 41.6 Å². The van der Waals surface area contributed by atoms with Crippen LogP contribution < -0.4 is 5.32 Å². The van der Waals surface area contributed by atoms with Gasteiger partial charge in [0, 0.05) is 19.1 Å². The van der Waals surface area contributed by atoms with Crippen LogP contribution in [-0.2, 0) is 4.74 Å². The van der Waals surface area contributed by atoms with E-state index in [0.717, 1.165) is 26.1 Å². The molecule has 2 unspecified atom stereocenters. The fourth-order valence-corrected chi connectivity index (χ4v) is 2.19. The highest BCUT2D eigenvalue weighted by Gasteiger charge is 2.28. The normalized spacial score (nSPS) is 26.6. The van der Waals surface area contributed by atoms with Crippen molar-refractivity contribution in [3.8, 4) is 0 Å². The molecule has 0 aromatic heterocycles. The zero-order chi connectivity index (χ0) is 13.1. The first-order valence-corrected chi connectivity index (χ1v) is 6.53. The molecule has 1 rings (SSSR count). The fraction of sp³-hybridized carbons (Fsp3) is 0.923. The molecule has 1 N–H and O–H groups in total. The smallest absolute Gasteiger partial charge is 0.407 e. The summed E-state index contributed by atoms with van der Waals surface area (Å²) in [6.45, 7) is 13.2. The van der Waals surface area contributed by atoms with E-state index >= 15 is 0 Å². The molecule has 0 aliphatic carbocycles. The van der Waals surface area contributed by atoms with Crippen LogP contribution in [0.25, 0.3) is 0 Å². The minimum absolute atomic E-state index is 0.243. The minimum atomic E-state index is -0.419. The lowest BCUT2D eigenvalue weighted by Crippen LogP contribution is -2.50. The number of carbonyl (C=O) groups is 1.